The van der Waals surface area contributed by atoms with Gasteiger partial charge in [-0.2, -0.15) is 0 Å². The maximum absolute atomic E-state index is 11.7. The molecule has 0 aromatic heterocycles. The third kappa shape index (κ3) is 3.38. The number of nitrogens with two attached hydrogens (primary N) is 1. The second-order valence-electron chi connectivity index (χ2n) is 4.18. The summed E-state index contributed by atoms with van der Waals surface area (Å²) in [6, 6.07) is 7.38. The van der Waals surface area contributed by atoms with Gasteiger partial charge in [0.05, 0.1) is 5.92 Å². The number of rotatable bonds is 4. The minimum absolute atomic E-state index is 0.114. The zero-order valence-electron chi connectivity index (χ0n) is 10.7. The third-order valence-corrected chi connectivity index (χ3v) is 2.60. The molecule has 1 rings (SSSR count). The largest absolute Gasteiger partial charge is 0.409 e. The molecule has 1 atom stereocenters. The van der Waals surface area contributed by atoms with Gasteiger partial charge in [0.2, 0.25) is 5.91 Å². The molecule has 1 amide bonds. The fourth-order valence-corrected chi connectivity index (χ4v) is 1.31. The molecule has 6 heteroatoms. The van der Waals surface area contributed by atoms with E-state index in [-0.39, 0.29) is 11.7 Å². The predicted octanol–water partition coefficient (Wildman–Crippen LogP) is 1.07. The maximum Gasteiger partial charge on any atom is 0.234 e. The highest BCUT2D eigenvalue weighted by Crippen LogP contribution is 2.16. The quantitative estimate of drug-likeness (QED) is 0.323. The molecule has 0 spiro atoms. The first kappa shape index (κ1) is 13.8. The van der Waals surface area contributed by atoms with Crippen molar-refractivity contribution in [1.82, 2.24) is 0 Å². The number of anilines is 2. The Bertz CT molecular complexity index is 440. The lowest BCUT2D eigenvalue weighted by molar-refractivity contribution is -0.117. The van der Waals surface area contributed by atoms with Crippen molar-refractivity contribution in [1.29, 1.82) is 0 Å². The first-order valence-corrected chi connectivity index (χ1v) is 5.51. The summed E-state index contributed by atoms with van der Waals surface area (Å²) in [7, 11) is 3.88. The molecule has 0 radical (unpaired) electrons. The van der Waals surface area contributed by atoms with E-state index >= 15 is 0 Å². The Morgan fingerprint density at radius 1 is 1.39 bits per heavy atom. The molecule has 98 valence electrons. The maximum atomic E-state index is 11.7. The van der Waals surface area contributed by atoms with Crippen LogP contribution in [0.5, 0.6) is 0 Å². The normalized spacial score (nSPS) is 12.9. The van der Waals surface area contributed by atoms with E-state index < -0.39 is 5.92 Å². The predicted molar refractivity (Wildman–Crippen MR) is 72.0 cm³/mol. The fraction of sp³-hybridized carbons (Fsp3) is 0.333. The zero-order chi connectivity index (χ0) is 13.7. The molecular formula is C12H18N4O2. The summed E-state index contributed by atoms with van der Waals surface area (Å²) < 4.78 is 0. The first-order valence-electron chi connectivity index (χ1n) is 5.51. The summed E-state index contributed by atoms with van der Waals surface area (Å²) in [6.07, 6.45) is 0. The number of hydrogen-bond acceptors (Lipinski definition) is 4. The lowest BCUT2D eigenvalue weighted by Gasteiger charge is -2.14. The van der Waals surface area contributed by atoms with E-state index in [1.54, 1.807) is 19.1 Å². The molecule has 0 aliphatic heterocycles. The van der Waals surface area contributed by atoms with E-state index in [0.29, 0.717) is 5.69 Å². The van der Waals surface area contributed by atoms with Crippen LogP contribution in [-0.4, -0.2) is 31.0 Å². The number of benzene rings is 1. The molecule has 0 aliphatic carbocycles. The van der Waals surface area contributed by atoms with Crippen molar-refractivity contribution in [2.24, 2.45) is 16.8 Å². The SMILES string of the molecule is CC(C(=O)Nc1ccc(N(C)C)cc1)C(N)=NO. The Balaban J connectivity index is 2.71. The van der Waals surface area contributed by atoms with Crippen molar-refractivity contribution in [3.8, 4) is 0 Å². The third-order valence-electron chi connectivity index (χ3n) is 2.60. The molecule has 18 heavy (non-hydrogen) atoms. The van der Waals surface area contributed by atoms with Gasteiger partial charge in [0.1, 0.15) is 0 Å². The minimum atomic E-state index is -0.677. The van der Waals surface area contributed by atoms with Crippen molar-refractivity contribution < 1.29 is 10.0 Å². The van der Waals surface area contributed by atoms with Crippen LogP contribution in [0.4, 0.5) is 11.4 Å². The van der Waals surface area contributed by atoms with E-state index in [1.165, 1.54) is 0 Å². The number of hydrogen-bond donors (Lipinski definition) is 3. The lowest BCUT2D eigenvalue weighted by atomic mass is 10.1. The van der Waals surface area contributed by atoms with E-state index in [2.05, 4.69) is 10.5 Å². The smallest absolute Gasteiger partial charge is 0.234 e. The second kappa shape index (κ2) is 5.90. The molecule has 1 unspecified atom stereocenters. The topological polar surface area (TPSA) is 91.0 Å². The number of nitrogens with zero attached hydrogens (tertiary/aromatic N) is 2. The molecule has 1 aromatic carbocycles. The molecule has 1 aromatic rings. The summed E-state index contributed by atoms with van der Waals surface area (Å²) in [5.41, 5.74) is 7.08. The molecule has 0 saturated heterocycles. The van der Waals surface area contributed by atoms with E-state index in [1.807, 2.05) is 31.1 Å². The minimum Gasteiger partial charge on any atom is -0.409 e. The molecule has 0 aliphatic rings. The van der Waals surface area contributed by atoms with Crippen LogP contribution >= 0.6 is 0 Å². The van der Waals surface area contributed by atoms with Crippen LogP contribution < -0.4 is 16.0 Å². The molecule has 0 heterocycles. The number of nitrogens with one attached hydrogen (secondary N) is 1. The lowest BCUT2D eigenvalue weighted by Crippen LogP contribution is -2.32. The average molecular weight is 250 g/mol. The Kier molecular flexibility index (Phi) is 4.53. The highest BCUT2D eigenvalue weighted by molar-refractivity contribution is 6.07. The summed E-state index contributed by atoms with van der Waals surface area (Å²) in [5, 5.41) is 14.0. The van der Waals surface area contributed by atoms with E-state index in [9.17, 15) is 4.79 Å². The Labute approximate surface area is 106 Å². The summed E-state index contributed by atoms with van der Waals surface area (Å²) in [4.78, 5) is 13.7. The summed E-state index contributed by atoms with van der Waals surface area (Å²) in [6.45, 7) is 1.57. The summed E-state index contributed by atoms with van der Waals surface area (Å²) >= 11 is 0. The molecule has 0 fully saturated rings. The Hall–Kier alpha value is -2.24. The van der Waals surface area contributed by atoms with Crippen LogP contribution in [0.1, 0.15) is 6.92 Å². The van der Waals surface area contributed by atoms with Gasteiger partial charge in [-0.05, 0) is 31.2 Å². The van der Waals surface area contributed by atoms with Crippen molar-refractivity contribution in [2.45, 2.75) is 6.92 Å². The van der Waals surface area contributed by atoms with Crippen molar-refractivity contribution in [2.75, 3.05) is 24.3 Å². The van der Waals surface area contributed by atoms with Crippen LogP contribution in [0.3, 0.4) is 0 Å². The van der Waals surface area contributed by atoms with Crippen molar-refractivity contribution >= 4 is 23.1 Å². The Morgan fingerprint density at radius 2 is 1.94 bits per heavy atom. The molecule has 0 saturated carbocycles. The van der Waals surface area contributed by atoms with Crippen molar-refractivity contribution in [3.63, 3.8) is 0 Å². The van der Waals surface area contributed by atoms with E-state index in [4.69, 9.17) is 10.9 Å². The second-order valence-corrected chi connectivity index (χ2v) is 4.18. The zero-order valence-corrected chi connectivity index (χ0v) is 10.7. The van der Waals surface area contributed by atoms with Gasteiger partial charge in [0, 0.05) is 25.5 Å². The van der Waals surface area contributed by atoms with Crippen LogP contribution in [0.25, 0.3) is 0 Å². The highest BCUT2D eigenvalue weighted by atomic mass is 16.4. The van der Waals surface area contributed by atoms with Gasteiger partial charge >= 0.3 is 0 Å². The van der Waals surface area contributed by atoms with Gasteiger partial charge in [0.15, 0.2) is 5.84 Å². The van der Waals surface area contributed by atoms with Gasteiger partial charge in [-0.3, -0.25) is 4.79 Å². The standard InChI is InChI=1S/C12H18N4O2/c1-8(11(13)15-18)12(17)14-9-4-6-10(7-5-9)16(2)3/h4-8,18H,1-3H3,(H2,13,15)(H,14,17). The number of amides is 1. The summed E-state index contributed by atoms with van der Waals surface area (Å²) in [5.74, 6) is -1.11. The number of amidine groups is 1. The molecule has 4 N–H and O–H groups in total. The molecule has 6 nitrogen and oxygen atoms in total. The van der Waals surface area contributed by atoms with Gasteiger partial charge in [-0.1, -0.05) is 5.16 Å². The van der Waals surface area contributed by atoms with Gasteiger partial charge in [-0.15, -0.1) is 0 Å². The highest BCUT2D eigenvalue weighted by Gasteiger charge is 2.17. The van der Waals surface area contributed by atoms with Crippen molar-refractivity contribution in [3.05, 3.63) is 24.3 Å². The van der Waals surface area contributed by atoms with Gasteiger partial charge in [-0.25, -0.2) is 0 Å². The van der Waals surface area contributed by atoms with Crippen LogP contribution in [0.2, 0.25) is 0 Å². The number of carbonyl (C=O) groups is 1. The fourth-order valence-electron chi connectivity index (χ4n) is 1.31. The van der Waals surface area contributed by atoms with Crippen LogP contribution in [0, 0.1) is 5.92 Å². The van der Waals surface area contributed by atoms with Gasteiger partial charge < -0.3 is 21.2 Å². The molecule has 0 bridgehead atoms. The van der Waals surface area contributed by atoms with E-state index in [0.717, 1.165) is 5.69 Å². The average Bonchev–Trinajstić information content (AvgIpc) is 2.37. The molecular weight excluding hydrogens is 232 g/mol. The van der Waals surface area contributed by atoms with Crippen LogP contribution in [-0.2, 0) is 4.79 Å². The van der Waals surface area contributed by atoms with Gasteiger partial charge in [0.25, 0.3) is 0 Å². The van der Waals surface area contributed by atoms with Crippen LogP contribution in [0.15, 0.2) is 29.4 Å². The Morgan fingerprint density at radius 3 is 2.39 bits per heavy atom. The number of oxime groups is 1. The first-order chi connectivity index (χ1) is 8.45. The monoisotopic (exact) mass is 250 g/mol. The number of carbonyl (C=O) groups excluding carboxylic acids is 1.